The Bertz CT molecular complexity index is 267. The van der Waals surface area contributed by atoms with Crippen LogP contribution in [0, 0.1) is 5.92 Å². The smallest absolute Gasteiger partial charge is 0.726 e. The molecule has 5 nitrogen and oxygen atoms in total. The summed E-state index contributed by atoms with van der Waals surface area (Å²) in [6, 6.07) is 0. The van der Waals surface area contributed by atoms with Crippen molar-refractivity contribution in [3.8, 4) is 0 Å². The third-order valence-electron chi connectivity index (χ3n) is 2.76. The van der Waals surface area contributed by atoms with Gasteiger partial charge in [-0.05, 0) is 26.2 Å². The van der Waals surface area contributed by atoms with Gasteiger partial charge in [0.2, 0.25) is 10.4 Å². The van der Waals surface area contributed by atoms with Gasteiger partial charge in [0.25, 0.3) is 0 Å². The average Bonchev–Trinajstić information content (AvgIpc) is 2.07. The Hall–Kier alpha value is 0.830. The topological polar surface area (TPSA) is 103 Å². The number of nitrogens with two attached hydrogens (primary N) is 1. The standard InChI is InChI=1S/C11H25N.Na.H2O4S/c1-5-6-7-8-9-10(2)11(3,4)12;;1-5(2,3)4/h10H,5-9,12H2,1-4H3;;(H2,1,2,3,4)/q;+1;/p-1. The fourth-order valence-corrected chi connectivity index (χ4v) is 1.25. The summed E-state index contributed by atoms with van der Waals surface area (Å²) in [5.74, 6) is 0.648. The van der Waals surface area contributed by atoms with Gasteiger partial charge in [-0.25, -0.2) is 8.42 Å². The molecule has 106 valence electrons. The maximum atomic E-state index is 8.63. The van der Waals surface area contributed by atoms with Crippen molar-refractivity contribution < 1.29 is 47.1 Å². The molecule has 0 amide bonds. The van der Waals surface area contributed by atoms with E-state index >= 15 is 0 Å². The van der Waals surface area contributed by atoms with Crippen LogP contribution in [0.5, 0.6) is 0 Å². The fourth-order valence-electron chi connectivity index (χ4n) is 1.25. The number of hydrogen-bond donors (Lipinski definition) is 2. The van der Waals surface area contributed by atoms with Gasteiger partial charge in [0.15, 0.2) is 0 Å². The molecule has 0 spiro atoms. The summed E-state index contributed by atoms with van der Waals surface area (Å²) in [5, 5.41) is 0. The van der Waals surface area contributed by atoms with Crippen molar-refractivity contribution in [2.75, 3.05) is 0 Å². The van der Waals surface area contributed by atoms with Gasteiger partial charge in [-0.1, -0.05) is 39.5 Å². The average molecular weight is 291 g/mol. The van der Waals surface area contributed by atoms with Crippen LogP contribution < -0.4 is 35.3 Å². The normalized spacial score (nSPS) is 13.1. The molecule has 1 atom stereocenters. The van der Waals surface area contributed by atoms with Gasteiger partial charge in [-0.3, -0.25) is 4.55 Å². The predicted molar refractivity (Wildman–Crippen MR) is 68.5 cm³/mol. The van der Waals surface area contributed by atoms with Crippen LogP contribution in [-0.2, 0) is 10.4 Å². The molecule has 0 heterocycles. The predicted octanol–water partition coefficient (Wildman–Crippen LogP) is -0.661. The molecule has 0 aliphatic rings. The summed E-state index contributed by atoms with van der Waals surface area (Å²) in [6.45, 7) is 8.75. The van der Waals surface area contributed by atoms with E-state index in [9.17, 15) is 0 Å². The first kappa shape index (κ1) is 23.9. The quantitative estimate of drug-likeness (QED) is 0.293. The van der Waals surface area contributed by atoms with Crippen LogP contribution in [0.2, 0.25) is 0 Å². The minimum absolute atomic E-state index is 0. The van der Waals surface area contributed by atoms with Crippen molar-refractivity contribution in [2.45, 2.75) is 65.3 Å². The van der Waals surface area contributed by atoms with E-state index in [0.29, 0.717) is 5.92 Å². The third-order valence-corrected chi connectivity index (χ3v) is 2.76. The second-order valence-electron chi connectivity index (χ2n) is 5.00. The minimum Gasteiger partial charge on any atom is -0.726 e. The first-order chi connectivity index (χ1) is 7.48. The number of rotatable bonds is 6. The number of unbranched alkanes of at least 4 members (excludes halogenated alkanes) is 3. The Morgan fingerprint density at radius 3 is 1.94 bits per heavy atom. The summed E-state index contributed by atoms with van der Waals surface area (Å²) in [4.78, 5) is 0. The van der Waals surface area contributed by atoms with Crippen molar-refractivity contribution in [3.63, 3.8) is 0 Å². The second-order valence-corrected chi connectivity index (χ2v) is 5.85. The molecule has 0 rings (SSSR count). The molecule has 0 radical (unpaired) electrons. The van der Waals surface area contributed by atoms with Crippen molar-refractivity contribution in [1.82, 2.24) is 0 Å². The molecular weight excluding hydrogens is 265 g/mol. The molecule has 0 saturated carbocycles. The molecule has 0 aliphatic carbocycles. The molecule has 0 fully saturated rings. The molecule has 7 heteroatoms. The summed E-state index contributed by atoms with van der Waals surface area (Å²) in [6.07, 6.45) is 6.69. The molecular formula is C11H26NNaO4S. The van der Waals surface area contributed by atoms with E-state index in [0.717, 1.165) is 0 Å². The van der Waals surface area contributed by atoms with Gasteiger partial charge >= 0.3 is 29.6 Å². The van der Waals surface area contributed by atoms with E-state index < -0.39 is 10.4 Å². The zero-order chi connectivity index (χ0) is 14.1. The first-order valence-electron chi connectivity index (χ1n) is 5.95. The van der Waals surface area contributed by atoms with Crippen molar-refractivity contribution in [1.29, 1.82) is 0 Å². The Morgan fingerprint density at radius 1 is 1.28 bits per heavy atom. The van der Waals surface area contributed by atoms with E-state index in [-0.39, 0.29) is 35.1 Å². The van der Waals surface area contributed by atoms with Crippen molar-refractivity contribution in [3.05, 3.63) is 0 Å². The summed E-state index contributed by atoms with van der Waals surface area (Å²) < 4.78 is 32.8. The molecule has 0 aromatic heterocycles. The van der Waals surface area contributed by atoms with Gasteiger partial charge in [0.1, 0.15) is 0 Å². The molecule has 1 unspecified atom stereocenters. The fraction of sp³-hybridized carbons (Fsp3) is 1.00. The van der Waals surface area contributed by atoms with Crippen LogP contribution in [0.3, 0.4) is 0 Å². The zero-order valence-corrected chi connectivity index (χ0v) is 15.1. The number of hydrogen-bond acceptors (Lipinski definition) is 4. The molecule has 0 aliphatic heterocycles. The van der Waals surface area contributed by atoms with Gasteiger partial charge in [0.05, 0.1) is 0 Å². The third kappa shape index (κ3) is 25.6. The van der Waals surface area contributed by atoms with E-state index in [2.05, 4.69) is 27.7 Å². The summed E-state index contributed by atoms with van der Waals surface area (Å²) in [5.41, 5.74) is 6.00. The first-order valence-corrected chi connectivity index (χ1v) is 7.32. The van der Waals surface area contributed by atoms with Crippen LogP contribution >= 0.6 is 0 Å². The molecule has 0 saturated heterocycles. The monoisotopic (exact) mass is 291 g/mol. The van der Waals surface area contributed by atoms with Gasteiger partial charge in [-0.15, -0.1) is 0 Å². The second kappa shape index (κ2) is 11.6. The summed E-state index contributed by atoms with van der Waals surface area (Å²) >= 11 is 0. The largest absolute Gasteiger partial charge is 1.00 e. The van der Waals surface area contributed by atoms with Crippen LogP contribution in [0.4, 0.5) is 0 Å². The Balaban J connectivity index is -0.000000321. The van der Waals surface area contributed by atoms with Crippen LogP contribution in [0.25, 0.3) is 0 Å². The molecule has 0 aromatic rings. The van der Waals surface area contributed by atoms with Gasteiger partial charge in [0, 0.05) is 5.54 Å². The molecule has 0 aromatic carbocycles. The SMILES string of the molecule is CCCCCCC(C)C(C)(C)N.O=S(=O)([O-])O.[Na+]. The Labute approximate surface area is 134 Å². The van der Waals surface area contributed by atoms with E-state index in [4.69, 9.17) is 23.3 Å². The van der Waals surface area contributed by atoms with Crippen LogP contribution in [0.1, 0.15) is 59.8 Å². The Kier molecular flexibility index (Phi) is 15.4. The Morgan fingerprint density at radius 2 is 1.67 bits per heavy atom. The van der Waals surface area contributed by atoms with Gasteiger partial charge < -0.3 is 10.3 Å². The molecule has 0 bridgehead atoms. The van der Waals surface area contributed by atoms with E-state index in [1.807, 2.05) is 0 Å². The molecule has 18 heavy (non-hydrogen) atoms. The van der Waals surface area contributed by atoms with Crippen LogP contribution in [0.15, 0.2) is 0 Å². The van der Waals surface area contributed by atoms with Crippen molar-refractivity contribution >= 4 is 10.4 Å². The van der Waals surface area contributed by atoms with Crippen molar-refractivity contribution in [2.24, 2.45) is 11.7 Å². The summed E-state index contributed by atoms with van der Waals surface area (Å²) in [7, 11) is -4.92. The minimum atomic E-state index is -4.92. The maximum Gasteiger partial charge on any atom is 1.00 e. The van der Waals surface area contributed by atoms with E-state index in [1.165, 1.54) is 32.1 Å². The maximum absolute atomic E-state index is 8.63. The van der Waals surface area contributed by atoms with E-state index in [1.54, 1.807) is 0 Å². The van der Waals surface area contributed by atoms with Crippen LogP contribution in [-0.4, -0.2) is 23.1 Å². The zero-order valence-electron chi connectivity index (χ0n) is 12.3. The van der Waals surface area contributed by atoms with Gasteiger partial charge in [-0.2, -0.15) is 0 Å². The molecule has 3 N–H and O–H groups in total.